The van der Waals surface area contributed by atoms with Crippen molar-refractivity contribution >= 4 is 43.8 Å². The molecule has 0 heterocycles. The lowest BCUT2D eigenvalue weighted by Gasteiger charge is -2.09. The van der Waals surface area contributed by atoms with Gasteiger partial charge in [0.05, 0.1) is 0 Å². The lowest BCUT2D eigenvalue weighted by Crippen LogP contribution is -2.01. The fraction of sp³-hybridized carbons (Fsp3) is 0.333. The summed E-state index contributed by atoms with van der Waals surface area (Å²) in [6.45, 7) is 0. The molecule has 0 saturated carbocycles. The fourth-order valence-electron chi connectivity index (χ4n) is 1.51. The Labute approximate surface area is 121 Å². The number of halogens is 2. The molecular formula is C12H12Br2O4. The number of carbonyl (C=O) groups is 2. The van der Waals surface area contributed by atoms with Gasteiger partial charge in [-0.2, -0.15) is 0 Å². The summed E-state index contributed by atoms with van der Waals surface area (Å²) in [6, 6.07) is 3.68. The second kappa shape index (κ2) is 6.89. The summed E-state index contributed by atoms with van der Waals surface area (Å²) in [5, 5.41) is 17.3. The molecule has 0 saturated heterocycles. The van der Waals surface area contributed by atoms with Crippen LogP contribution in [0.5, 0.6) is 0 Å². The molecule has 98 valence electrons. The van der Waals surface area contributed by atoms with Gasteiger partial charge in [0.15, 0.2) is 0 Å². The van der Waals surface area contributed by atoms with E-state index in [1.807, 2.05) is 12.1 Å². The van der Waals surface area contributed by atoms with Crippen LogP contribution in [0.15, 0.2) is 21.1 Å². The average Bonchev–Trinajstić information content (AvgIpc) is 2.26. The normalized spacial score (nSPS) is 10.3. The Bertz CT molecular complexity index is 432. The SMILES string of the molecule is O=C(O)CCc1cc(CCC(=O)O)c(Br)cc1Br. The van der Waals surface area contributed by atoms with Gasteiger partial charge >= 0.3 is 11.9 Å². The number of aliphatic carboxylic acids is 2. The Balaban J connectivity index is 2.87. The quantitative estimate of drug-likeness (QED) is 0.795. The summed E-state index contributed by atoms with van der Waals surface area (Å²) in [6.07, 6.45) is 0.948. The number of aryl methyl sites for hydroxylation is 2. The van der Waals surface area contributed by atoms with E-state index in [1.165, 1.54) is 0 Å². The minimum atomic E-state index is -0.850. The van der Waals surface area contributed by atoms with E-state index >= 15 is 0 Å². The highest BCUT2D eigenvalue weighted by atomic mass is 79.9. The summed E-state index contributed by atoms with van der Waals surface area (Å²) >= 11 is 6.74. The van der Waals surface area contributed by atoms with Gasteiger partial charge in [0.1, 0.15) is 0 Å². The van der Waals surface area contributed by atoms with Gasteiger partial charge in [0.2, 0.25) is 0 Å². The van der Waals surface area contributed by atoms with Gasteiger partial charge in [-0.05, 0) is 30.0 Å². The van der Waals surface area contributed by atoms with Crippen molar-refractivity contribution in [1.29, 1.82) is 0 Å². The summed E-state index contributed by atoms with van der Waals surface area (Å²) in [5.74, 6) is -1.70. The third-order valence-electron chi connectivity index (χ3n) is 2.43. The molecule has 0 amide bonds. The molecule has 4 nitrogen and oxygen atoms in total. The van der Waals surface area contributed by atoms with Crippen LogP contribution in [-0.4, -0.2) is 22.2 Å². The molecule has 0 aliphatic carbocycles. The molecule has 2 N–H and O–H groups in total. The van der Waals surface area contributed by atoms with E-state index in [9.17, 15) is 9.59 Å². The predicted octanol–water partition coefficient (Wildman–Crippen LogP) is 3.25. The maximum absolute atomic E-state index is 10.5. The van der Waals surface area contributed by atoms with E-state index in [1.54, 1.807) is 0 Å². The first-order valence-electron chi connectivity index (χ1n) is 5.30. The van der Waals surface area contributed by atoms with E-state index < -0.39 is 11.9 Å². The molecule has 0 aliphatic rings. The van der Waals surface area contributed by atoms with E-state index in [2.05, 4.69) is 31.9 Å². The predicted molar refractivity (Wildman–Crippen MR) is 73.8 cm³/mol. The molecule has 0 bridgehead atoms. The van der Waals surface area contributed by atoms with Gasteiger partial charge < -0.3 is 10.2 Å². The molecule has 0 spiro atoms. The Hall–Kier alpha value is -0.880. The number of hydrogen-bond acceptors (Lipinski definition) is 2. The number of carboxylic acids is 2. The van der Waals surface area contributed by atoms with Crippen LogP contribution in [-0.2, 0) is 22.4 Å². The molecule has 1 aromatic carbocycles. The molecule has 0 unspecified atom stereocenters. The second-order valence-corrected chi connectivity index (χ2v) is 5.53. The Morgan fingerprint density at radius 3 is 1.61 bits per heavy atom. The van der Waals surface area contributed by atoms with Gasteiger partial charge in [-0.3, -0.25) is 9.59 Å². The summed E-state index contributed by atoms with van der Waals surface area (Å²) in [4.78, 5) is 21.1. The van der Waals surface area contributed by atoms with Crippen LogP contribution in [0, 0.1) is 0 Å². The third-order valence-corrected chi connectivity index (χ3v) is 3.91. The van der Waals surface area contributed by atoms with Crippen molar-refractivity contribution in [2.75, 3.05) is 0 Å². The van der Waals surface area contributed by atoms with Crippen molar-refractivity contribution in [3.8, 4) is 0 Å². The molecule has 0 atom stereocenters. The molecular weight excluding hydrogens is 368 g/mol. The third kappa shape index (κ3) is 4.78. The van der Waals surface area contributed by atoms with Crippen LogP contribution in [0.4, 0.5) is 0 Å². The van der Waals surface area contributed by atoms with Crippen LogP contribution in [0.2, 0.25) is 0 Å². The maximum atomic E-state index is 10.5. The number of benzene rings is 1. The van der Waals surface area contributed by atoms with E-state index in [-0.39, 0.29) is 12.8 Å². The highest BCUT2D eigenvalue weighted by Gasteiger charge is 2.09. The smallest absolute Gasteiger partial charge is 0.303 e. The Morgan fingerprint density at radius 2 is 1.28 bits per heavy atom. The average molecular weight is 380 g/mol. The van der Waals surface area contributed by atoms with Crippen LogP contribution in [0.3, 0.4) is 0 Å². The minimum Gasteiger partial charge on any atom is -0.481 e. The lowest BCUT2D eigenvalue weighted by molar-refractivity contribution is -0.137. The maximum Gasteiger partial charge on any atom is 0.303 e. The van der Waals surface area contributed by atoms with Gasteiger partial charge in [0, 0.05) is 21.8 Å². The van der Waals surface area contributed by atoms with E-state index in [0.717, 1.165) is 20.1 Å². The number of rotatable bonds is 6. The summed E-state index contributed by atoms with van der Waals surface area (Å²) in [5.41, 5.74) is 1.75. The fourth-order valence-corrected chi connectivity index (χ4v) is 2.90. The largest absolute Gasteiger partial charge is 0.481 e. The topological polar surface area (TPSA) is 74.6 Å². The first-order chi connectivity index (χ1) is 8.40. The Morgan fingerprint density at radius 1 is 0.889 bits per heavy atom. The van der Waals surface area contributed by atoms with Gasteiger partial charge in [0.25, 0.3) is 0 Å². The molecule has 0 fully saturated rings. The monoisotopic (exact) mass is 378 g/mol. The first kappa shape index (κ1) is 15.2. The molecule has 0 radical (unpaired) electrons. The summed E-state index contributed by atoms with van der Waals surface area (Å²) in [7, 11) is 0. The van der Waals surface area contributed by atoms with Crippen molar-refractivity contribution in [2.24, 2.45) is 0 Å². The molecule has 1 rings (SSSR count). The minimum absolute atomic E-state index is 0.0542. The number of hydrogen-bond donors (Lipinski definition) is 2. The highest BCUT2D eigenvalue weighted by Crippen LogP contribution is 2.28. The standard InChI is InChI=1S/C12H12Br2O4/c13-9-6-10(14)8(2-4-12(17)18)5-7(9)1-3-11(15)16/h5-6H,1-4H2,(H,15,16)(H,17,18). The van der Waals surface area contributed by atoms with Crippen LogP contribution < -0.4 is 0 Å². The molecule has 1 aromatic rings. The summed E-state index contributed by atoms with van der Waals surface area (Å²) < 4.78 is 1.66. The van der Waals surface area contributed by atoms with Crippen LogP contribution in [0.25, 0.3) is 0 Å². The number of carboxylic acid groups (broad SMARTS) is 2. The zero-order valence-electron chi connectivity index (χ0n) is 9.45. The Kier molecular flexibility index (Phi) is 5.81. The molecule has 18 heavy (non-hydrogen) atoms. The van der Waals surface area contributed by atoms with E-state index in [4.69, 9.17) is 10.2 Å². The van der Waals surface area contributed by atoms with Crippen LogP contribution in [0.1, 0.15) is 24.0 Å². The van der Waals surface area contributed by atoms with Gasteiger partial charge in [-0.25, -0.2) is 0 Å². The van der Waals surface area contributed by atoms with Crippen molar-refractivity contribution in [3.63, 3.8) is 0 Å². The highest BCUT2D eigenvalue weighted by molar-refractivity contribution is 9.11. The van der Waals surface area contributed by atoms with E-state index in [0.29, 0.717) is 12.8 Å². The van der Waals surface area contributed by atoms with Crippen molar-refractivity contribution in [2.45, 2.75) is 25.7 Å². The van der Waals surface area contributed by atoms with Gasteiger partial charge in [-0.1, -0.05) is 37.9 Å². The second-order valence-electron chi connectivity index (χ2n) is 3.82. The van der Waals surface area contributed by atoms with Crippen molar-refractivity contribution < 1.29 is 19.8 Å². The molecule has 0 aliphatic heterocycles. The first-order valence-corrected chi connectivity index (χ1v) is 6.89. The molecule has 0 aromatic heterocycles. The van der Waals surface area contributed by atoms with Crippen molar-refractivity contribution in [3.05, 3.63) is 32.2 Å². The lowest BCUT2D eigenvalue weighted by atomic mass is 10.0. The van der Waals surface area contributed by atoms with Gasteiger partial charge in [-0.15, -0.1) is 0 Å². The molecule has 6 heteroatoms. The van der Waals surface area contributed by atoms with Crippen LogP contribution >= 0.6 is 31.9 Å². The van der Waals surface area contributed by atoms with Crippen molar-refractivity contribution in [1.82, 2.24) is 0 Å². The zero-order valence-corrected chi connectivity index (χ0v) is 12.6. The zero-order chi connectivity index (χ0) is 13.7.